The summed E-state index contributed by atoms with van der Waals surface area (Å²) in [6, 6.07) is 0. The van der Waals surface area contributed by atoms with Crippen molar-refractivity contribution in [2.24, 2.45) is 0 Å². The summed E-state index contributed by atoms with van der Waals surface area (Å²) >= 11 is 4.98. The second-order valence-electron chi connectivity index (χ2n) is 6.75. The largest absolute Gasteiger partial charge is 0.462 e. The zero-order valence-electron chi connectivity index (χ0n) is 15.6. The molecule has 1 unspecified atom stereocenters. The third kappa shape index (κ3) is 5.08. The molecule has 28 heavy (non-hydrogen) atoms. The number of thiocarbonyl (C=S) groups is 1. The third-order valence-corrected chi connectivity index (χ3v) is 5.02. The lowest BCUT2D eigenvalue weighted by Crippen LogP contribution is -2.64. The van der Waals surface area contributed by atoms with Crippen LogP contribution in [-0.2, 0) is 18.9 Å². The van der Waals surface area contributed by atoms with Crippen LogP contribution in [0.25, 0.3) is 0 Å². The Hall–Kier alpha value is -0.670. The number of hydrogen-bond acceptors (Lipinski definition) is 11. The highest BCUT2D eigenvalue weighted by atomic mass is 32.1. The van der Waals surface area contributed by atoms with E-state index in [4.69, 9.17) is 31.2 Å². The molecule has 164 valence electrons. The zero-order valence-corrected chi connectivity index (χ0v) is 16.4. The minimum absolute atomic E-state index is 0.0569. The Morgan fingerprint density at radius 1 is 0.929 bits per heavy atom. The molecule has 0 radical (unpaired) electrons. The van der Waals surface area contributed by atoms with Crippen LogP contribution in [0.4, 0.5) is 0 Å². The molecule has 0 aromatic rings. The summed E-state index contributed by atoms with van der Waals surface area (Å²) in [4.78, 5) is 0. The molecule has 0 amide bonds. The number of hydrogen-bond donors (Lipinski definition) is 7. The van der Waals surface area contributed by atoms with Gasteiger partial charge >= 0.3 is 0 Å². The van der Waals surface area contributed by atoms with Crippen LogP contribution in [0.5, 0.6) is 0 Å². The summed E-state index contributed by atoms with van der Waals surface area (Å²) in [6.07, 6.45) is -12.5. The van der Waals surface area contributed by atoms with E-state index in [-0.39, 0.29) is 5.17 Å². The molecule has 2 rings (SSSR count). The van der Waals surface area contributed by atoms with Gasteiger partial charge in [0.25, 0.3) is 5.17 Å². The molecule has 11 nitrogen and oxygen atoms in total. The van der Waals surface area contributed by atoms with E-state index in [1.54, 1.807) is 13.8 Å². The molecule has 2 heterocycles. The highest BCUT2D eigenvalue weighted by Gasteiger charge is 2.50. The average molecular weight is 427 g/mol. The Kier molecular flexibility index (Phi) is 8.76. The normalized spacial score (nSPS) is 44.1. The maximum Gasteiger partial charge on any atom is 0.257 e. The van der Waals surface area contributed by atoms with Crippen LogP contribution in [0.15, 0.2) is 0 Å². The highest BCUT2D eigenvalue weighted by molar-refractivity contribution is 7.80. The van der Waals surface area contributed by atoms with Crippen molar-refractivity contribution in [3.05, 3.63) is 0 Å². The second kappa shape index (κ2) is 10.4. The molecule has 12 heteroatoms. The molecule has 0 bridgehead atoms. The van der Waals surface area contributed by atoms with Crippen LogP contribution < -0.4 is 5.32 Å². The van der Waals surface area contributed by atoms with Crippen molar-refractivity contribution in [3.63, 3.8) is 0 Å². The van der Waals surface area contributed by atoms with Gasteiger partial charge < -0.3 is 54.9 Å². The number of ether oxygens (including phenoxy) is 4. The Bertz CT molecular complexity index is 514. The monoisotopic (exact) mass is 427 g/mol. The molecule has 10 atom stereocenters. The summed E-state index contributed by atoms with van der Waals surface area (Å²) < 4.78 is 21.8. The lowest BCUT2D eigenvalue weighted by molar-refractivity contribution is -0.338. The SMILES string of the molecule is CCNC(=S)O[C@@H]1[C@H](O)[C@@H](O[C@@H]2C(C)O[C@@H](CO)[C@@H](O)[C@@H]2O)O[C@H](CO)[C@H]1O. The molecule has 7 N–H and O–H groups in total. The van der Waals surface area contributed by atoms with Crippen molar-refractivity contribution in [3.8, 4) is 0 Å². The fourth-order valence-electron chi connectivity index (χ4n) is 3.24. The number of nitrogens with one attached hydrogen (secondary N) is 1. The third-order valence-electron chi connectivity index (χ3n) is 4.78. The average Bonchev–Trinajstić information content (AvgIpc) is 2.66. The first-order valence-corrected chi connectivity index (χ1v) is 9.50. The van der Waals surface area contributed by atoms with Crippen molar-refractivity contribution >= 4 is 17.4 Å². The van der Waals surface area contributed by atoms with Crippen LogP contribution >= 0.6 is 12.2 Å². The van der Waals surface area contributed by atoms with Gasteiger partial charge in [0.2, 0.25) is 0 Å². The van der Waals surface area contributed by atoms with E-state index in [0.29, 0.717) is 6.54 Å². The van der Waals surface area contributed by atoms with Crippen LogP contribution in [0.2, 0.25) is 0 Å². The van der Waals surface area contributed by atoms with Crippen LogP contribution in [0, 0.1) is 0 Å². The van der Waals surface area contributed by atoms with Gasteiger partial charge in [-0.05, 0) is 26.1 Å². The Morgan fingerprint density at radius 2 is 1.54 bits per heavy atom. The Labute approximate surface area is 167 Å². The minimum Gasteiger partial charge on any atom is -0.462 e. The lowest BCUT2D eigenvalue weighted by Gasteiger charge is -2.46. The first-order chi connectivity index (χ1) is 13.2. The Morgan fingerprint density at radius 3 is 2.11 bits per heavy atom. The minimum atomic E-state index is -1.53. The van der Waals surface area contributed by atoms with Gasteiger partial charge in [0.05, 0.1) is 19.3 Å². The summed E-state index contributed by atoms with van der Waals surface area (Å²) in [6.45, 7) is 2.73. The fourth-order valence-corrected chi connectivity index (χ4v) is 3.49. The maximum atomic E-state index is 10.6. The van der Waals surface area contributed by atoms with Gasteiger partial charge in [-0.2, -0.15) is 0 Å². The molecule has 0 aliphatic carbocycles. The van der Waals surface area contributed by atoms with E-state index in [1.165, 1.54) is 0 Å². The van der Waals surface area contributed by atoms with Crippen LogP contribution in [0.1, 0.15) is 13.8 Å². The van der Waals surface area contributed by atoms with Gasteiger partial charge in [0.15, 0.2) is 12.4 Å². The molecular formula is C16H29NO10S. The van der Waals surface area contributed by atoms with E-state index in [9.17, 15) is 30.6 Å². The topological polar surface area (TPSA) is 170 Å². The van der Waals surface area contributed by atoms with E-state index in [0.717, 1.165) is 0 Å². The van der Waals surface area contributed by atoms with Crippen molar-refractivity contribution in [2.45, 2.75) is 75.1 Å². The quantitative estimate of drug-likeness (QED) is 0.210. The molecule has 2 fully saturated rings. The molecule has 2 saturated heterocycles. The predicted octanol–water partition coefficient (Wildman–Crippen LogP) is -3.41. The number of aliphatic hydroxyl groups is 6. The smallest absolute Gasteiger partial charge is 0.257 e. The molecule has 0 saturated carbocycles. The molecule has 0 aromatic carbocycles. The lowest BCUT2D eigenvalue weighted by atomic mass is 9.95. The standard InChI is InChI=1S/C16H29NO10S/c1-3-17-16(28)27-14-10(21)8(5-19)25-15(12(14)23)26-13-6(2)24-7(4-18)9(20)11(13)22/h6-15,18-23H,3-5H2,1-2H3,(H,17,28)/t6?,7-,8+,9+,10+,11-,12-,13+,14-,15+/m0/s1. The van der Waals surface area contributed by atoms with Gasteiger partial charge in [-0.25, -0.2) is 0 Å². The van der Waals surface area contributed by atoms with Gasteiger partial charge in [-0.1, -0.05) is 0 Å². The van der Waals surface area contributed by atoms with Crippen molar-refractivity contribution in [2.75, 3.05) is 19.8 Å². The summed E-state index contributed by atoms with van der Waals surface area (Å²) in [5.74, 6) is 0. The molecule has 2 aliphatic rings. The maximum absolute atomic E-state index is 10.6. The van der Waals surface area contributed by atoms with Gasteiger partial charge in [0, 0.05) is 6.54 Å². The molecule has 0 aromatic heterocycles. The van der Waals surface area contributed by atoms with E-state index in [1.807, 2.05) is 0 Å². The van der Waals surface area contributed by atoms with E-state index < -0.39 is 74.4 Å². The predicted molar refractivity (Wildman–Crippen MR) is 97.2 cm³/mol. The van der Waals surface area contributed by atoms with Gasteiger partial charge in [-0.3, -0.25) is 0 Å². The molecular weight excluding hydrogens is 398 g/mol. The van der Waals surface area contributed by atoms with Crippen LogP contribution in [0.3, 0.4) is 0 Å². The van der Waals surface area contributed by atoms with Crippen molar-refractivity contribution < 1.29 is 49.6 Å². The Balaban J connectivity index is 2.13. The summed E-state index contributed by atoms with van der Waals surface area (Å²) in [5, 5.41) is 62.6. The van der Waals surface area contributed by atoms with Crippen molar-refractivity contribution in [1.29, 1.82) is 0 Å². The van der Waals surface area contributed by atoms with E-state index in [2.05, 4.69) is 5.32 Å². The molecule has 2 aliphatic heterocycles. The zero-order chi connectivity index (χ0) is 21.0. The number of aliphatic hydroxyl groups excluding tert-OH is 6. The fraction of sp³-hybridized carbons (Fsp3) is 0.938. The highest BCUT2D eigenvalue weighted by Crippen LogP contribution is 2.30. The first kappa shape index (κ1) is 23.6. The van der Waals surface area contributed by atoms with E-state index >= 15 is 0 Å². The molecule has 0 spiro atoms. The summed E-state index contributed by atoms with van der Waals surface area (Å²) in [5.41, 5.74) is 0. The number of rotatable bonds is 6. The van der Waals surface area contributed by atoms with Crippen molar-refractivity contribution in [1.82, 2.24) is 5.32 Å². The first-order valence-electron chi connectivity index (χ1n) is 9.09. The second-order valence-corrected chi connectivity index (χ2v) is 7.12. The van der Waals surface area contributed by atoms with Gasteiger partial charge in [0.1, 0.15) is 42.7 Å². The van der Waals surface area contributed by atoms with Crippen LogP contribution in [-0.4, -0.2) is 117 Å². The van der Waals surface area contributed by atoms with Gasteiger partial charge in [-0.15, -0.1) is 0 Å². The summed E-state index contributed by atoms with van der Waals surface area (Å²) in [7, 11) is 0.